The molecule has 1 aromatic rings. The summed E-state index contributed by atoms with van der Waals surface area (Å²) in [6, 6.07) is 3.12. The van der Waals surface area contributed by atoms with E-state index in [1.807, 2.05) is 6.92 Å². The minimum absolute atomic E-state index is 0.311. The highest BCUT2D eigenvalue weighted by Gasteiger charge is 2.11. The Labute approximate surface area is 91.4 Å². The third kappa shape index (κ3) is 2.45. The maximum atomic E-state index is 13.2. The van der Waals surface area contributed by atoms with E-state index in [0.717, 1.165) is 5.56 Å². The molecular formula is C10H13BrFNO. The summed E-state index contributed by atoms with van der Waals surface area (Å²) in [4.78, 5) is 0. The van der Waals surface area contributed by atoms with Crippen molar-refractivity contribution < 1.29 is 9.13 Å². The number of hydrogen-bond acceptors (Lipinski definition) is 2. The van der Waals surface area contributed by atoms with Crippen LogP contribution in [0.1, 0.15) is 12.5 Å². The zero-order valence-electron chi connectivity index (χ0n) is 8.02. The van der Waals surface area contributed by atoms with Gasteiger partial charge in [0.25, 0.3) is 0 Å². The van der Waals surface area contributed by atoms with Gasteiger partial charge in [0.2, 0.25) is 0 Å². The number of rotatable bonds is 4. The van der Waals surface area contributed by atoms with E-state index in [0.29, 0.717) is 29.8 Å². The number of benzene rings is 1. The number of nitrogens with two attached hydrogens (primary N) is 1. The van der Waals surface area contributed by atoms with Gasteiger partial charge in [0.05, 0.1) is 11.1 Å². The van der Waals surface area contributed by atoms with Gasteiger partial charge in [0.15, 0.2) is 0 Å². The maximum Gasteiger partial charge on any atom is 0.141 e. The molecule has 0 fully saturated rings. The highest BCUT2D eigenvalue weighted by molar-refractivity contribution is 9.10. The van der Waals surface area contributed by atoms with Crippen LogP contribution in [0.3, 0.4) is 0 Å². The van der Waals surface area contributed by atoms with Crippen molar-refractivity contribution in [1.82, 2.24) is 0 Å². The summed E-state index contributed by atoms with van der Waals surface area (Å²) in [5.41, 5.74) is 6.38. The maximum absolute atomic E-state index is 13.2. The third-order valence-electron chi connectivity index (χ3n) is 1.83. The van der Waals surface area contributed by atoms with E-state index < -0.39 is 0 Å². The summed E-state index contributed by atoms with van der Waals surface area (Å²) in [5, 5.41) is 0. The van der Waals surface area contributed by atoms with Crippen LogP contribution in [0.25, 0.3) is 0 Å². The van der Waals surface area contributed by atoms with Gasteiger partial charge in [-0.1, -0.05) is 6.07 Å². The Balaban J connectivity index is 3.08. The summed E-state index contributed by atoms with van der Waals surface area (Å²) in [6.45, 7) is 2.90. The van der Waals surface area contributed by atoms with Gasteiger partial charge in [-0.15, -0.1) is 0 Å². The lowest BCUT2D eigenvalue weighted by molar-refractivity contribution is 0.332. The fourth-order valence-electron chi connectivity index (χ4n) is 1.22. The second kappa shape index (κ2) is 5.32. The van der Waals surface area contributed by atoms with Gasteiger partial charge in [-0.05, 0) is 47.4 Å². The molecule has 0 unspecified atom stereocenters. The lowest BCUT2D eigenvalue weighted by Gasteiger charge is -2.11. The zero-order chi connectivity index (χ0) is 10.6. The Morgan fingerprint density at radius 2 is 2.21 bits per heavy atom. The predicted molar refractivity (Wildman–Crippen MR) is 58.0 cm³/mol. The standard InChI is InChI=1S/C10H13BrFNO/c1-2-14-10-7(5-6-13)3-4-8(12)9(10)11/h3-4H,2,5-6,13H2,1H3. The number of halogens is 2. The highest BCUT2D eigenvalue weighted by Crippen LogP contribution is 2.31. The molecule has 0 radical (unpaired) electrons. The van der Waals surface area contributed by atoms with Crippen LogP contribution in [-0.2, 0) is 6.42 Å². The van der Waals surface area contributed by atoms with Crippen LogP contribution >= 0.6 is 15.9 Å². The largest absolute Gasteiger partial charge is 0.492 e. The summed E-state index contributed by atoms with van der Waals surface area (Å²) in [7, 11) is 0. The third-order valence-corrected chi connectivity index (χ3v) is 2.57. The SMILES string of the molecule is CCOc1c(CCN)ccc(F)c1Br. The Kier molecular flexibility index (Phi) is 4.35. The minimum Gasteiger partial charge on any atom is -0.492 e. The van der Waals surface area contributed by atoms with Gasteiger partial charge >= 0.3 is 0 Å². The molecule has 0 aliphatic carbocycles. The first-order valence-electron chi connectivity index (χ1n) is 4.50. The minimum atomic E-state index is -0.311. The van der Waals surface area contributed by atoms with Gasteiger partial charge < -0.3 is 10.5 Å². The van der Waals surface area contributed by atoms with E-state index in [9.17, 15) is 4.39 Å². The van der Waals surface area contributed by atoms with Crippen molar-refractivity contribution in [3.05, 3.63) is 28.0 Å². The molecule has 0 aliphatic heterocycles. The van der Waals surface area contributed by atoms with E-state index in [4.69, 9.17) is 10.5 Å². The Hall–Kier alpha value is -0.610. The normalized spacial score (nSPS) is 10.3. The van der Waals surface area contributed by atoms with Crippen molar-refractivity contribution in [3.8, 4) is 5.75 Å². The molecule has 0 amide bonds. The molecule has 78 valence electrons. The van der Waals surface area contributed by atoms with Crippen LogP contribution in [0.15, 0.2) is 16.6 Å². The molecule has 1 aromatic carbocycles. The Morgan fingerprint density at radius 3 is 2.79 bits per heavy atom. The van der Waals surface area contributed by atoms with Gasteiger partial charge in [0.1, 0.15) is 11.6 Å². The lowest BCUT2D eigenvalue weighted by atomic mass is 10.1. The van der Waals surface area contributed by atoms with Crippen LogP contribution in [-0.4, -0.2) is 13.2 Å². The number of hydrogen-bond donors (Lipinski definition) is 1. The molecule has 0 atom stereocenters. The first kappa shape index (κ1) is 11.5. The van der Waals surface area contributed by atoms with E-state index >= 15 is 0 Å². The van der Waals surface area contributed by atoms with Crippen molar-refractivity contribution in [3.63, 3.8) is 0 Å². The molecular weight excluding hydrogens is 249 g/mol. The lowest BCUT2D eigenvalue weighted by Crippen LogP contribution is -2.06. The van der Waals surface area contributed by atoms with E-state index in [-0.39, 0.29) is 5.82 Å². The van der Waals surface area contributed by atoms with Gasteiger partial charge in [-0.3, -0.25) is 0 Å². The molecule has 2 nitrogen and oxygen atoms in total. The average Bonchev–Trinajstić information content (AvgIpc) is 2.18. The average molecular weight is 262 g/mol. The highest BCUT2D eigenvalue weighted by atomic mass is 79.9. The molecule has 0 aliphatic rings. The molecule has 0 heterocycles. The predicted octanol–water partition coefficient (Wildman–Crippen LogP) is 2.49. The van der Waals surface area contributed by atoms with Crippen LogP contribution in [0, 0.1) is 5.82 Å². The molecule has 0 spiro atoms. The van der Waals surface area contributed by atoms with Crippen molar-refractivity contribution >= 4 is 15.9 Å². The molecule has 2 N–H and O–H groups in total. The van der Waals surface area contributed by atoms with Crippen molar-refractivity contribution in [2.24, 2.45) is 5.73 Å². The zero-order valence-corrected chi connectivity index (χ0v) is 9.60. The van der Waals surface area contributed by atoms with E-state index in [1.165, 1.54) is 6.07 Å². The van der Waals surface area contributed by atoms with Crippen molar-refractivity contribution in [2.75, 3.05) is 13.2 Å². The molecule has 0 saturated carbocycles. The smallest absolute Gasteiger partial charge is 0.141 e. The van der Waals surface area contributed by atoms with Crippen LogP contribution in [0.4, 0.5) is 4.39 Å². The molecule has 0 bridgehead atoms. The fourth-order valence-corrected chi connectivity index (χ4v) is 1.73. The van der Waals surface area contributed by atoms with Gasteiger partial charge in [0, 0.05) is 0 Å². The molecule has 0 aromatic heterocycles. The first-order valence-corrected chi connectivity index (χ1v) is 5.29. The monoisotopic (exact) mass is 261 g/mol. The Bertz CT molecular complexity index is 317. The van der Waals surface area contributed by atoms with E-state index in [1.54, 1.807) is 6.07 Å². The number of ether oxygens (including phenoxy) is 1. The van der Waals surface area contributed by atoms with Crippen LogP contribution < -0.4 is 10.5 Å². The van der Waals surface area contributed by atoms with Crippen LogP contribution in [0.2, 0.25) is 0 Å². The Morgan fingerprint density at radius 1 is 1.50 bits per heavy atom. The first-order chi connectivity index (χ1) is 6.70. The summed E-state index contributed by atoms with van der Waals surface area (Å²) >= 11 is 3.16. The summed E-state index contributed by atoms with van der Waals surface area (Å²) in [6.07, 6.45) is 0.689. The quantitative estimate of drug-likeness (QED) is 0.904. The summed E-state index contributed by atoms with van der Waals surface area (Å²) in [5.74, 6) is 0.257. The fraction of sp³-hybridized carbons (Fsp3) is 0.400. The van der Waals surface area contributed by atoms with Crippen LogP contribution in [0.5, 0.6) is 5.75 Å². The molecule has 0 saturated heterocycles. The second-order valence-corrected chi connectivity index (χ2v) is 3.61. The molecule has 1 rings (SSSR count). The van der Waals surface area contributed by atoms with E-state index in [2.05, 4.69) is 15.9 Å². The van der Waals surface area contributed by atoms with Gasteiger partial charge in [-0.2, -0.15) is 0 Å². The van der Waals surface area contributed by atoms with Crippen molar-refractivity contribution in [1.29, 1.82) is 0 Å². The molecule has 4 heteroatoms. The van der Waals surface area contributed by atoms with Crippen molar-refractivity contribution in [2.45, 2.75) is 13.3 Å². The topological polar surface area (TPSA) is 35.2 Å². The molecule has 14 heavy (non-hydrogen) atoms. The second-order valence-electron chi connectivity index (χ2n) is 2.82. The van der Waals surface area contributed by atoms with Gasteiger partial charge in [-0.25, -0.2) is 4.39 Å². The summed E-state index contributed by atoms with van der Waals surface area (Å²) < 4.78 is 18.9.